The average Bonchev–Trinajstić information content (AvgIpc) is 3.53. The summed E-state index contributed by atoms with van der Waals surface area (Å²) in [5.41, 5.74) is 3.52. The number of benzene rings is 2. The summed E-state index contributed by atoms with van der Waals surface area (Å²) < 4.78 is 6.48. The molecule has 9 heteroatoms. The number of hydrogen-bond acceptors (Lipinski definition) is 8. The van der Waals surface area contributed by atoms with Crippen molar-refractivity contribution in [1.29, 1.82) is 5.26 Å². The molecule has 40 heavy (non-hydrogen) atoms. The van der Waals surface area contributed by atoms with Crippen LogP contribution in [-0.2, 0) is 13.0 Å². The van der Waals surface area contributed by atoms with Gasteiger partial charge in [-0.2, -0.15) is 15.2 Å². The minimum atomic E-state index is 0.143. The van der Waals surface area contributed by atoms with Crippen LogP contribution in [0, 0.1) is 17.4 Å². The van der Waals surface area contributed by atoms with Gasteiger partial charge in [0.05, 0.1) is 22.8 Å². The molecule has 0 atom stereocenters. The van der Waals surface area contributed by atoms with E-state index in [-0.39, 0.29) is 5.54 Å². The Labute approximate surface area is 241 Å². The first-order valence-electron chi connectivity index (χ1n) is 14.6. The van der Waals surface area contributed by atoms with Crippen LogP contribution in [-0.4, -0.2) is 78.2 Å². The number of likely N-dealkylation sites (tertiary alicyclic amines) is 1. The van der Waals surface area contributed by atoms with E-state index < -0.39 is 0 Å². The molecule has 3 aromatic rings. The minimum Gasteiger partial charge on any atom is -0.461 e. The Morgan fingerprint density at radius 1 is 1.10 bits per heavy atom. The quantitative estimate of drug-likeness (QED) is 0.387. The molecular weight excluding hydrogens is 522 g/mol. The summed E-state index contributed by atoms with van der Waals surface area (Å²) in [5.74, 6) is 1.43. The predicted octanol–water partition coefficient (Wildman–Crippen LogP) is 4.70. The lowest BCUT2D eigenvalue weighted by molar-refractivity contribution is 0.107. The fourth-order valence-electron chi connectivity index (χ4n) is 7.41. The maximum absolute atomic E-state index is 9.17. The van der Waals surface area contributed by atoms with Gasteiger partial charge >= 0.3 is 6.01 Å². The number of aromatic nitrogens is 2. The zero-order valence-corrected chi connectivity index (χ0v) is 23.9. The fourth-order valence-corrected chi connectivity index (χ4v) is 7.69. The maximum Gasteiger partial charge on any atom is 0.318 e. The van der Waals surface area contributed by atoms with E-state index in [1.54, 1.807) is 0 Å². The van der Waals surface area contributed by atoms with Crippen LogP contribution in [0.1, 0.15) is 36.9 Å². The van der Waals surface area contributed by atoms with Crippen molar-refractivity contribution in [2.24, 2.45) is 5.92 Å². The van der Waals surface area contributed by atoms with E-state index in [4.69, 9.17) is 26.3 Å². The van der Waals surface area contributed by atoms with Crippen molar-refractivity contribution in [2.45, 2.75) is 44.2 Å². The summed E-state index contributed by atoms with van der Waals surface area (Å²) in [4.78, 5) is 19.1. The lowest BCUT2D eigenvalue weighted by Gasteiger charge is -2.39. The Morgan fingerprint density at radius 3 is 2.65 bits per heavy atom. The predicted molar refractivity (Wildman–Crippen MR) is 158 cm³/mol. The van der Waals surface area contributed by atoms with Crippen molar-refractivity contribution < 1.29 is 4.74 Å². The second kappa shape index (κ2) is 10.3. The van der Waals surface area contributed by atoms with Crippen LogP contribution in [0.5, 0.6) is 6.01 Å². The van der Waals surface area contributed by atoms with E-state index >= 15 is 0 Å². The first-order valence-corrected chi connectivity index (χ1v) is 15.0. The van der Waals surface area contributed by atoms with E-state index in [9.17, 15) is 5.26 Å². The molecule has 0 radical (unpaired) electrons. The van der Waals surface area contributed by atoms with Gasteiger partial charge in [0.15, 0.2) is 6.19 Å². The molecule has 3 saturated heterocycles. The molecule has 0 spiro atoms. The normalized spacial score (nSPS) is 20.2. The van der Waals surface area contributed by atoms with Crippen LogP contribution in [0.25, 0.3) is 10.8 Å². The summed E-state index contributed by atoms with van der Waals surface area (Å²) >= 11 is 6.70. The van der Waals surface area contributed by atoms with Crippen LogP contribution >= 0.6 is 11.6 Å². The molecular formula is C31H36ClN7O. The number of nitrogens with zero attached hydrogens (tertiary/aromatic N) is 7. The summed E-state index contributed by atoms with van der Waals surface area (Å²) in [6.45, 7) is 7.03. The van der Waals surface area contributed by atoms with Crippen molar-refractivity contribution in [2.75, 3.05) is 62.7 Å². The molecule has 7 rings (SSSR count). The number of halogens is 1. The van der Waals surface area contributed by atoms with Gasteiger partial charge in [-0.15, -0.1) is 0 Å². The number of anilines is 2. The molecule has 0 saturated carbocycles. The van der Waals surface area contributed by atoms with E-state index in [2.05, 4.69) is 52.2 Å². The van der Waals surface area contributed by atoms with Gasteiger partial charge in [-0.1, -0.05) is 35.9 Å². The number of ether oxygens (including phenoxy) is 1. The highest BCUT2D eigenvalue weighted by Crippen LogP contribution is 2.40. The smallest absolute Gasteiger partial charge is 0.318 e. The summed E-state index contributed by atoms with van der Waals surface area (Å²) in [6, 6.07) is 13.0. The van der Waals surface area contributed by atoms with Crippen LogP contribution in [0.4, 0.5) is 11.5 Å². The van der Waals surface area contributed by atoms with Crippen LogP contribution < -0.4 is 14.5 Å². The van der Waals surface area contributed by atoms with Gasteiger partial charge in [0.25, 0.3) is 0 Å². The lowest BCUT2D eigenvalue weighted by Crippen LogP contribution is -2.48. The Hall–Kier alpha value is -3.28. The van der Waals surface area contributed by atoms with Gasteiger partial charge in [-0.05, 0) is 62.7 Å². The van der Waals surface area contributed by atoms with Crippen molar-refractivity contribution in [3.05, 3.63) is 52.7 Å². The van der Waals surface area contributed by atoms with Gasteiger partial charge < -0.3 is 19.4 Å². The Morgan fingerprint density at radius 2 is 1.88 bits per heavy atom. The number of hydrogen-bond donors (Lipinski definition) is 0. The van der Waals surface area contributed by atoms with Crippen molar-refractivity contribution in [1.82, 2.24) is 19.8 Å². The minimum absolute atomic E-state index is 0.143. The second-order valence-electron chi connectivity index (χ2n) is 12.0. The zero-order valence-electron chi connectivity index (χ0n) is 23.2. The number of fused-ring (bicyclic) bond motifs is 3. The first kappa shape index (κ1) is 25.7. The van der Waals surface area contributed by atoms with Crippen LogP contribution in [0.15, 0.2) is 36.4 Å². The van der Waals surface area contributed by atoms with Gasteiger partial charge in [0.2, 0.25) is 0 Å². The van der Waals surface area contributed by atoms with Gasteiger partial charge in [0.1, 0.15) is 12.4 Å². The molecule has 8 nitrogen and oxygen atoms in total. The summed E-state index contributed by atoms with van der Waals surface area (Å²) in [5, 5.41) is 12.2. The third-order valence-electron chi connectivity index (χ3n) is 9.47. The summed E-state index contributed by atoms with van der Waals surface area (Å²) in [6.07, 6.45) is 7.97. The third kappa shape index (κ3) is 4.49. The monoisotopic (exact) mass is 557 g/mol. The zero-order chi connectivity index (χ0) is 27.3. The lowest BCUT2D eigenvalue weighted by atomic mass is 9.95. The molecule has 0 N–H and O–H groups in total. The molecule has 4 aliphatic heterocycles. The molecule has 208 valence electrons. The van der Waals surface area contributed by atoms with E-state index in [1.807, 2.05) is 17.0 Å². The van der Waals surface area contributed by atoms with Gasteiger partial charge in [-0.25, -0.2) is 0 Å². The van der Waals surface area contributed by atoms with Crippen molar-refractivity contribution >= 4 is 33.9 Å². The maximum atomic E-state index is 9.17. The SMILES string of the molecule is CN(CC1CN(C#N)C1)c1nc(OCC23CCCN2CCC3)nc2c1CCN(c1cccc3cccc(Cl)c13)C2. The fraction of sp³-hybridized carbons (Fsp3) is 0.516. The highest BCUT2D eigenvalue weighted by atomic mass is 35.5. The first-order chi connectivity index (χ1) is 19.5. The third-order valence-corrected chi connectivity index (χ3v) is 9.78. The molecule has 1 aromatic heterocycles. The number of rotatable bonds is 7. The van der Waals surface area contributed by atoms with E-state index in [0.717, 1.165) is 65.6 Å². The van der Waals surface area contributed by atoms with E-state index in [0.29, 0.717) is 25.1 Å². The Balaban J connectivity index is 1.20. The Bertz CT molecular complexity index is 1450. The topological polar surface area (TPSA) is 71.8 Å². The molecule has 0 bridgehead atoms. The Kier molecular flexibility index (Phi) is 6.60. The highest BCUT2D eigenvalue weighted by molar-refractivity contribution is 6.36. The van der Waals surface area contributed by atoms with Crippen molar-refractivity contribution in [3.8, 4) is 12.2 Å². The molecule has 0 unspecified atom stereocenters. The molecule has 0 aliphatic carbocycles. The highest BCUT2D eigenvalue weighted by Gasteiger charge is 2.45. The standard InChI is InChI=1S/C31H36ClN7O/c1-36(16-22-17-37(18-22)21-33)29-24-10-15-38(27-9-3-7-23-6-2-8-25(32)28(23)27)19-26(24)34-30(35-29)40-20-31-11-4-13-39(31)14-5-12-31/h2-3,6-9,22H,4-5,10-20H2,1H3. The average molecular weight is 558 g/mol. The molecule has 0 amide bonds. The van der Waals surface area contributed by atoms with Crippen LogP contribution in [0.3, 0.4) is 0 Å². The van der Waals surface area contributed by atoms with Gasteiger partial charge in [-0.3, -0.25) is 4.90 Å². The largest absolute Gasteiger partial charge is 0.461 e. The molecule has 3 fully saturated rings. The molecule has 5 heterocycles. The molecule has 2 aromatic carbocycles. The van der Waals surface area contributed by atoms with E-state index in [1.165, 1.54) is 44.3 Å². The van der Waals surface area contributed by atoms with Crippen molar-refractivity contribution in [3.63, 3.8) is 0 Å². The number of nitriles is 1. The molecule has 4 aliphatic rings. The van der Waals surface area contributed by atoms with Gasteiger partial charge in [0, 0.05) is 55.8 Å². The summed E-state index contributed by atoms with van der Waals surface area (Å²) in [7, 11) is 2.12. The van der Waals surface area contributed by atoms with Crippen LogP contribution in [0.2, 0.25) is 5.02 Å². The second-order valence-corrected chi connectivity index (χ2v) is 12.4.